The Morgan fingerprint density at radius 3 is 2.76 bits per heavy atom. The molecule has 0 unspecified atom stereocenters. The van der Waals surface area contributed by atoms with Crippen LogP contribution in [0.1, 0.15) is 11.1 Å². The normalized spacial score (nSPS) is 25.8. The van der Waals surface area contributed by atoms with Gasteiger partial charge in [0, 0.05) is 38.6 Å². The van der Waals surface area contributed by atoms with E-state index in [2.05, 4.69) is 11.5 Å². The van der Waals surface area contributed by atoms with Gasteiger partial charge in [-0.15, -0.1) is 6.58 Å². The van der Waals surface area contributed by atoms with Crippen LogP contribution in [0.4, 0.5) is 4.39 Å². The van der Waals surface area contributed by atoms with Crippen LogP contribution in [0, 0.1) is 24.1 Å². The number of fused-ring (bicyclic) bond motifs is 1. The molecule has 3 rings (SSSR count). The molecule has 2 aliphatic rings. The summed E-state index contributed by atoms with van der Waals surface area (Å²) in [4.78, 5) is 28.2. The Bertz CT molecular complexity index is 721. The molecule has 0 aromatic heterocycles. The molecule has 0 spiro atoms. The lowest BCUT2D eigenvalue weighted by atomic mass is 9.81. The maximum absolute atomic E-state index is 13.7. The summed E-state index contributed by atoms with van der Waals surface area (Å²) in [5.74, 6) is -1.40. The standard InChI is InChI=1S/C19H23FN2O3/c1-3-6-21-9-15-10-22(12-19(15,11-21)18(24)25)17(23)8-14-5-4-13(2)16(20)7-14/h3-5,7,15H,1,6,8-12H2,2H3,(H,24,25)/t15-,19-/m1/s1. The predicted octanol–water partition coefficient (Wildman–Crippen LogP) is 1.71. The SMILES string of the molecule is C=CCN1C[C@@H]2CN(C(=O)Cc3ccc(C)c(F)c3)C[C@]2(C(=O)O)C1. The lowest BCUT2D eigenvalue weighted by Crippen LogP contribution is -2.42. The van der Waals surface area contributed by atoms with Crippen LogP contribution >= 0.6 is 0 Å². The van der Waals surface area contributed by atoms with Crippen molar-refractivity contribution in [2.45, 2.75) is 13.3 Å². The van der Waals surface area contributed by atoms with Crippen LogP contribution in [0.5, 0.6) is 0 Å². The lowest BCUT2D eigenvalue weighted by Gasteiger charge is -2.25. The van der Waals surface area contributed by atoms with E-state index in [4.69, 9.17) is 0 Å². The van der Waals surface area contributed by atoms with E-state index in [1.165, 1.54) is 6.07 Å². The highest BCUT2D eigenvalue weighted by molar-refractivity contribution is 5.83. The van der Waals surface area contributed by atoms with Gasteiger partial charge in [0.2, 0.25) is 5.91 Å². The second kappa shape index (κ2) is 6.59. The first-order valence-corrected chi connectivity index (χ1v) is 8.45. The first-order chi connectivity index (χ1) is 11.9. The molecule has 5 nitrogen and oxygen atoms in total. The summed E-state index contributed by atoms with van der Waals surface area (Å²) in [5, 5.41) is 9.78. The van der Waals surface area contributed by atoms with E-state index in [-0.39, 0.29) is 30.6 Å². The fraction of sp³-hybridized carbons (Fsp3) is 0.474. The van der Waals surface area contributed by atoms with Crippen LogP contribution < -0.4 is 0 Å². The van der Waals surface area contributed by atoms with Crippen LogP contribution in [0.15, 0.2) is 30.9 Å². The van der Waals surface area contributed by atoms with Crippen molar-refractivity contribution >= 4 is 11.9 Å². The molecule has 25 heavy (non-hydrogen) atoms. The number of carbonyl (C=O) groups excluding carboxylic acids is 1. The van der Waals surface area contributed by atoms with Gasteiger partial charge >= 0.3 is 5.97 Å². The van der Waals surface area contributed by atoms with Crippen molar-refractivity contribution in [1.82, 2.24) is 9.80 Å². The smallest absolute Gasteiger partial charge is 0.313 e. The number of benzene rings is 1. The van der Waals surface area contributed by atoms with Crippen molar-refractivity contribution < 1.29 is 19.1 Å². The van der Waals surface area contributed by atoms with Crippen molar-refractivity contribution in [3.63, 3.8) is 0 Å². The zero-order valence-electron chi connectivity index (χ0n) is 14.4. The molecule has 0 aliphatic carbocycles. The molecule has 2 fully saturated rings. The lowest BCUT2D eigenvalue weighted by molar-refractivity contribution is -0.149. The summed E-state index contributed by atoms with van der Waals surface area (Å²) < 4.78 is 13.7. The van der Waals surface area contributed by atoms with Crippen molar-refractivity contribution in [3.8, 4) is 0 Å². The first-order valence-electron chi connectivity index (χ1n) is 8.45. The summed E-state index contributed by atoms with van der Waals surface area (Å²) in [7, 11) is 0. The Kier molecular flexibility index (Phi) is 4.64. The summed E-state index contributed by atoms with van der Waals surface area (Å²) in [6.45, 7) is 7.77. The number of likely N-dealkylation sites (tertiary alicyclic amines) is 2. The Labute approximate surface area is 146 Å². The van der Waals surface area contributed by atoms with E-state index in [0.29, 0.717) is 37.3 Å². The van der Waals surface area contributed by atoms with E-state index in [1.54, 1.807) is 30.0 Å². The highest BCUT2D eigenvalue weighted by Gasteiger charge is 2.58. The van der Waals surface area contributed by atoms with Crippen molar-refractivity contribution in [1.29, 1.82) is 0 Å². The third-order valence-corrected chi connectivity index (χ3v) is 5.44. The molecular weight excluding hydrogens is 323 g/mol. The number of amides is 1. The minimum Gasteiger partial charge on any atom is -0.481 e. The largest absolute Gasteiger partial charge is 0.481 e. The molecular formula is C19H23FN2O3. The Hall–Kier alpha value is -2.21. The summed E-state index contributed by atoms with van der Waals surface area (Å²) >= 11 is 0. The number of halogens is 1. The maximum atomic E-state index is 13.7. The average Bonchev–Trinajstić information content (AvgIpc) is 3.06. The number of rotatable bonds is 5. The van der Waals surface area contributed by atoms with Gasteiger partial charge in [-0.2, -0.15) is 0 Å². The highest BCUT2D eigenvalue weighted by atomic mass is 19.1. The molecule has 1 aromatic rings. The van der Waals surface area contributed by atoms with Gasteiger partial charge < -0.3 is 10.0 Å². The van der Waals surface area contributed by atoms with Gasteiger partial charge in [-0.1, -0.05) is 18.2 Å². The van der Waals surface area contributed by atoms with Gasteiger partial charge in [0.25, 0.3) is 0 Å². The van der Waals surface area contributed by atoms with Gasteiger partial charge in [-0.05, 0) is 24.1 Å². The minimum absolute atomic E-state index is 0.0800. The van der Waals surface area contributed by atoms with Crippen LogP contribution in [0.2, 0.25) is 0 Å². The fourth-order valence-corrected chi connectivity index (χ4v) is 4.02. The number of carboxylic acid groups (broad SMARTS) is 1. The molecule has 0 radical (unpaired) electrons. The molecule has 1 N–H and O–H groups in total. The third-order valence-electron chi connectivity index (χ3n) is 5.44. The van der Waals surface area contributed by atoms with E-state index in [0.717, 1.165) is 0 Å². The molecule has 1 aromatic carbocycles. The predicted molar refractivity (Wildman–Crippen MR) is 91.6 cm³/mol. The molecule has 0 saturated carbocycles. The molecule has 2 atom stereocenters. The molecule has 1 amide bonds. The third kappa shape index (κ3) is 3.18. The Balaban J connectivity index is 1.71. The van der Waals surface area contributed by atoms with Gasteiger partial charge in [0.05, 0.1) is 6.42 Å². The van der Waals surface area contributed by atoms with Crippen molar-refractivity contribution in [2.24, 2.45) is 11.3 Å². The Morgan fingerprint density at radius 1 is 1.40 bits per heavy atom. The van der Waals surface area contributed by atoms with Crippen LogP contribution in [-0.2, 0) is 16.0 Å². The van der Waals surface area contributed by atoms with E-state index < -0.39 is 11.4 Å². The number of carboxylic acids is 1. The molecule has 6 heteroatoms. The van der Waals surface area contributed by atoms with Gasteiger partial charge in [0.1, 0.15) is 11.2 Å². The quantitative estimate of drug-likeness (QED) is 0.825. The summed E-state index contributed by atoms with van der Waals surface area (Å²) in [5.41, 5.74) is 0.249. The summed E-state index contributed by atoms with van der Waals surface area (Å²) in [6, 6.07) is 4.78. The second-order valence-corrected chi connectivity index (χ2v) is 7.18. The number of hydrogen-bond acceptors (Lipinski definition) is 3. The number of carbonyl (C=O) groups is 2. The molecule has 2 heterocycles. The van der Waals surface area contributed by atoms with Crippen LogP contribution in [-0.4, -0.2) is 59.5 Å². The van der Waals surface area contributed by atoms with Gasteiger partial charge in [-0.3, -0.25) is 14.5 Å². The van der Waals surface area contributed by atoms with Gasteiger partial charge in [-0.25, -0.2) is 4.39 Å². The van der Waals surface area contributed by atoms with E-state index >= 15 is 0 Å². The molecule has 2 saturated heterocycles. The maximum Gasteiger partial charge on any atom is 0.313 e. The second-order valence-electron chi connectivity index (χ2n) is 7.18. The van der Waals surface area contributed by atoms with Crippen molar-refractivity contribution in [2.75, 3.05) is 32.7 Å². The minimum atomic E-state index is -0.906. The Morgan fingerprint density at radius 2 is 2.16 bits per heavy atom. The van der Waals surface area contributed by atoms with Crippen LogP contribution in [0.3, 0.4) is 0 Å². The molecule has 0 bridgehead atoms. The highest BCUT2D eigenvalue weighted by Crippen LogP contribution is 2.42. The van der Waals surface area contributed by atoms with Crippen molar-refractivity contribution in [3.05, 3.63) is 47.8 Å². The number of aryl methyl sites for hydroxylation is 1. The zero-order valence-corrected chi connectivity index (χ0v) is 14.4. The molecule has 134 valence electrons. The number of aliphatic carboxylic acids is 1. The average molecular weight is 346 g/mol. The van der Waals surface area contributed by atoms with Crippen LogP contribution in [0.25, 0.3) is 0 Å². The fourth-order valence-electron chi connectivity index (χ4n) is 4.02. The summed E-state index contributed by atoms with van der Waals surface area (Å²) in [6.07, 6.45) is 1.86. The molecule has 2 aliphatic heterocycles. The zero-order chi connectivity index (χ0) is 18.2. The van der Waals surface area contributed by atoms with Gasteiger partial charge in [0.15, 0.2) is 0 Å². The number of hydrogen-bond donors (Lipinski definition) is 1. The van der Waals surface area contributed by atoms with E-state index in [1.807, 2.05) is 0 Å². The monoisotopic (exact) mass is 346 g/mol. The number of nitrogens with zero attached hydrogens (tertiary/aromatic N) is 2. The first kappa shape index (κ1) is 17.6. The van der Waals surface area contributed by atoms with E-state index in [9.17, 15) is 19.1 Å². The topological polar surface area (TPSA) is 60.9 Å².